The van der Waals surface area contributed by atoms with Gasteiger partial charge in [-0.1, -0.05) is 11.6 Å². The zero-order chi connectivity index (χ0) is 17.9. The SMILES string of the molecule is CN(C)C(=O)c1ccc(NC(=O)c2ccc(F)c(C#N)c2)cc1Cl. The van der Waals surface area contributed by atoms with E-state index < -0.39 is 11.7 Å². The van der Waals surface area contributed by atoms with Crippen LogP contribution in [0.5, 0.6) is 0 Å². The fourth-order valence-corrected chi connectivity index (χ4v) is 2.22. The summed E-state index contributed by atoms with van der Waals surface area (Å²) in [6.07, 6.45) is 0. The maximum Gasteiger partial charge on any atom is 0.255 e. The summed E-state index contributed by atoms with van der Waals surface area (Å²) in [6, 6.07) is 9.66. The Morgan fingerprint density at radius 3 is 2.50 bits per heavy atom. The zero-order valence-corrected chi connectivity index (χ0v) is 13.7. The number of carbonyl (C=O) groups excluding carboxylic acids is 2. The van der Waals surface area contributed by atoms with Gasteiger partial charge in [-0.2, -0.15) is 5.26 Å². The first kappa shape index (κ1) is 17.4. The summed E-state index contributed by atoms with van der Waals surface area (Å²) in [4.78, 5) is 25.5. The monoisotopic (exact) mass is 345 g/mol. The van der Waals surface area contributed by atoms with Crippen molar-refractivity contribution in [2.24, 2.45) is 0 Å². The van der Waals surface area contributed by atoms with Crippen LogP contribution >= 0.6 is 11.6 Å². The normalized spacial score (nSPS) is 9.96. The number of carbonyl (C=O) groups is 2. The third-order valence-corrected chi connectivity index (χ3v) is 3.53. The summed E-state index contributed by atoms with van der Waals surface area (Å²) < 4.78 is 13.3. The molecule has 2 aromatic carbocycles. The Balaban J connectivity index is 2.23. The van der Waals surface area contributed by atoms with Gasteiger partial charge in [0.25, 0.3) is 11.8 Å². The van der Waals surface area contributed by atoms with Gasteiger partial charge >= 0.3 is 0 Å². The van der Waals surface area contributed by atoms with Crippen molar-refractivity contribution in [3.8, 4) is 6.07 Å². The molecule has 5 nitrogen and oxygen atoms in total. The molecule has 24 heavy (non-hydrogen) atoms. The first-order valence-electron chi connectivity index (χ1n) is 6.85. The lowest BCUT2D eigenvalue weighted by molar-refractivity contribution is 0.0827. The predicted molar refractivity (Wildman–Crippen MR) is 88.5 cm³/mol. The Hall–Kier alpha value is -2.91. The lowest BCUT2D eigenvalue weighted by Gasteiger charge is -2.13. The second-order valence-electron chi connectivity index (χ2n) is 5.15. The van der Waals surface area contributed by atoms with Crippen LogP contribution in [0.2, 0.25) is 5.02 Å². The van der Waals surface area contributed by atoms with E-state index in [2.05, 4.69) is 5.32 Å². The van der Waals surface area contributed by atoms with Gasteiger partial charge in [0, 0.05) is 25.3 Å². The van der Waals surface area contributed by atoms with Gasteiger partial charge in [0.15, 0.2) is 0 Å². The molecule has 122 valence electrons. The average molecular weight is 346 g/mol. The Morgan fingerprint density at radius 1 is 1.21 bits per heavy atom. The van der Waals surface area contributed by atoms with Crippen molar-refractivity contribution in [3.63, 3.8) is 0 Å². The number of rotatable bonds is 3. The topological polar surface area (TPSA) is 73.2 Å². The van der Waals surface area contributed by atoms with Crippen LogP contribution in [0.25, 0.3) is 0 Å². The molecule has 0 aliphatic carbocycles. The summed E-state index contributed by atoms with van der Waals surface area (Å²) in [5.41, 5.74) is 0.612. The molecule has 0 heterocycles. The van der Waals surface area contributed by atoms with Crippen LogP contribution in [0.3, 0.4) is 0 Å². The van der Waals surface area contributed by atoms with Crippen LogP contribution in [-0.4, -0.2) is 30.8 Å². The second-order valence-corrected chi connectivity index (χ2v) is 5.56. The number of amides is 2. The van der Waals surface area contributed by atoms with E-state index in [1.165, 1.54) is 29.2 Å². The molecule has 1 N–H and O–H groups in total. The Morgan fingerprint density at radius 2 is 1.92 bits per heavy atom. The molecule has 0 aliphatic heterocycles. The van der Waals surface area contributed by atoms with Crippen LogP contribution in [0.15, 0.2) is 36.4 Å². The Kier molecular flexibility index (Phi) is 5.17. The van der Waals surface area contributed by atoms with Crippen molar-refractivity contribution < 1.29 is 14.0 Å². The largest absolute Gasteiger partial charge is 0.345 e. The van der Waals surface area contributed by atoms with Gasteiger partial charge in [-0.05, 0) is 36.4 Å². The van der Waals surface area contributed by atoms with Gasteiger partial charge in [-0.25, -0.2) is 4.39 Å². The third-order valence-electron chi connectivity index (χ3n) is 3.21. The predicted octanol–water partition coefficient (Wildman–Crippen LogP) is 3.30. The molecule has 0 unspecified atom stereocenters. The Bertz CT molecular complexity index is 859. The van der Waals surface area contributed by atoms with Crippen molar-refractivity contribution in [1.82, 2.24) is 4.90 Å². The smallest absolute Gasteiger partial charge is 0.255 e. The highest BCUT2D eigenvalue weighted by Crippen LogP contribution is 2.22. The Labute approximate surface area is 143 Å². The molecule has 0 saturated carbocycles. The number of hydrogen-bond donors (Lipinski definition) is 1. The van der Waals surface area contributed by atoms with E-state index >= 15 is 0 Å². The minimum atomic E-state index is -0.691. The molecular weight excluding hydrogens is 333 g/mol. The van der Waals surface area contributed by atoms with Crippen LogP contribution in [0.4, 0.5) is 10.1 Å². The lowest BCUT2D eigenvalue weighted by atomic mass is 10.1. The summed E-state index contributed by atoms with van der Waals surface area (Å²) in [7, 11) is 3.21. The van der Waals surface area contributed by atoms with E-state index in [1.54, 1.807) is 20.2 Å². The molecule has 2 amide bonds. The van der Waals surface area contributed by atoms with Crippen LogP contribution in [-0.2, 0) is 0 Å². The van der Waals surface area contributed by atoms with E-state index in [0.29, 0.717) is 11.3 Å². The highest BCUT2D eigenvalue weighted by molar-refractivity contribution is 6.34. The van der Waals surface area contributed by atoms with Gasteiger partial charge in [0.2, 0.25) is 0 Å². The summed E-state index contributed by atoms with van der Waals surface area (Å²) in [5, 5.41) is 11.6. The first-order chi connectivity index (χ1) is 11.3. The van der Waals surface area contributed by atoms with Gasteiger partial charge < -0.3 is 10.2 Å². The van der Waals surface area contributed by atoms with E-state index in [4.69, 9.17) is 16.9 Å². The van der Waals surface area contributed by atoms with Crippen molar-refractivity contribution in [2.75, 3.05) is 19.4 Å². The molecule has 2 aromatic rings. The van der Waals surface area contributed by atoms with Crippen molar-refractivity contribution >= 4 is 29.1 Å². The number of nitrogens with one attached hydrogen (secondary N) is 1. The molecule has 0 atom stereocenters. The fraction of sp³-hybridized carbons (Fsp3) is 0.118. The van der Waals surface area contributed by atoms with Gasteiger partial charge in [-0.15, -0.1) is 0 Å². The number of hydrogen-bond acceptors (Lipinski definition) is 3. The second kappa shape index (κ2) is 7.11. The van der Waals surface area contributed by atoms with Gasteiger partial charge in [-0.3, -0.25) is 9.59 Å². The molecule has 0 spiro atoms. The average Bonchev–Trinajstić information content (AvgIpc) is 2.54. The molecule has 0 fully saturated rings. The summed E-state index contributed by atoms with van der Waals surface area (Å²) in [6.45, 7) is 0. The molecule has 0 radical (unpaired) electrons. The van der Waals surface area contributed by atoms with E-state index in [9.17, 15) is 14.0 Å². The van der Waals surface area contributed by atoms with E-state index in [-0.39, 0.29) is 22.1 Å². The van der Waals surface area contributed by atoms with Crippen LogP contribution in [0, 0.1) is 17.1 Å². The third kappa shape index (κ3) is 3.70. The standard InChI is InChI=1S/C17H13ClFN3O2/c1-22(2)17(24)13-5-4-12(8-14(13)18)21-16(23)10-3-6-15(19)11(7-10)9-20/h3-8H,1-2H3,(H,21,23). The molecule has 7 heteroatoms. The maximum atomic E-state index is 13.3. The number of nitrogens with zero attached hydrogens (tertiary/aromatic N) is 2. The zero-order valence-electron chi connectivity index (χ0n) is 12.9. The van der Waals surface area contributed by atoms with E-state index in [0.717, 1.165) is 12.1 Å². The minimum Gasteiger partial charge on any atom is -0.345 e. The lowest BCUT2D eigenvalue weighted by Crippen LogP contribution is -2.22. The molecule has 0 aliphatic rings. The van der Waals surface area contributed by atoms with Gasteiger partial charge in [0.1, 0.15) is 11.9 Å². The van der Waals surface area contributed by atoms with Crippen molar-refractivity contribution in [3.05, 3.63) is 63.9 Å². The first-order valence-corrected chi connectivity index (χ1v) is 7.23. The summed E-state index contributed by atoms with van der Waals surface area (Å²) in [5.74, 6) is -1.46. The molecule has 0 bridgehead atoms. The molecular formula is C17H13ClFN3O2. The fourth-order valence-electron chi connectivity index (χ4n) is 1.96. The van der Waals surface area contributed by atoms with Crippen LogP contribution < -0.4 is 5.32 Å². The maximum absolute atomic E-state index is 13.3. The number of halogens is 2. The number of nitriles is 1. The summed E-state index contributed by atoms with van der Waals surface area (Å²) >= 11 is 6.07. The van der Waals surface area contributed by atoms with E-state index in [1.807, 2.05) is 0 Å². The quantitative estimate of drug-likeness (QED) is 0.927. The minimum absolute atomic E-state index is 0.137. The molecule has 0 aromatic heterocycles. The van der Waals surface area contributed by atoms with Crippen LogP contribution in [0.1, 0.15) is 26.3 Å². The number of anilines is 1. The number of benzene rings is 2. The van der Waals surface area contributed by atoms with Crippen molar-refractivity contribution in [2.45, 2.75) is 0 Å². The van der Waals surface area contributed by atoms with Gasteiger partial charge in [0.05, 0.1) is 16.1 Å². The molecule has 2 rings (SSSR count). The molecule has 0 saturated heterocycles. The highest BCUT2D eigenvalue weighted by Gasteiger charge is 2.14. The highest BCUT2D eigenvalue weighted by atomic mass is 35.5. The van der Waals surface area contributed by atoms with Crippen molar-refractivity contribution in [1.29, 1.82) is 5.26 Å².